The van der Waals surface area contributed by atoms with Crippen LogP contribution in [0.2, 0.25) is 0 Å². The summed E-state index contributed by atoms with van der Waals surface area (Å²) in [6, 6.07) is 12.5. The molecule has 2 heterocycles. The molecular formula is C22H18FN5O4S2. The molecule has 3 aromatic rings. The summed E-state index contributed by atoms with van der Waals surface area (Å²) in [6.45, 7) is 3.54. The Morgan fingerprint density at radius 3 is 2.18 bits per heavy atom. The number of carbonyl (C=O) groups excluding carboxylic acids is 2. The van der Waals surface area contributed by atoms with E-state index in [2.05, 4.69) is 15.3 Å². The predicted molar refractivity (Wildman–Crippen MR) is 125 cm³/mol. The van der Waals surface area contributed by atoms with Gasteiger partial charge in [-0.3, -0.25) is 9.59 Å². The van der Waals surface area contributed by atoms with Crippen molar-refractivity contribution in [2.75, 3.05) is 10.2 Å². The number of hydrogen-bond donors (Lipinski definition) is 2. The summed E-state index contributed by atoms with van der Waals surface area (Å²) >= 11 is 0.875. The zero-order valence-electron chi connectivity index (χ0n) is 17.9. The summed E-state index contributed by atoms with van der Waals surface area (Å²) in [5.74, 6) is -2.26. The number of halogens is 1. The van der Waals surface area contributed by atoms with E-state index in [1.54, 1.807) is 19.9 Å². The number of aromatic nitrogens is 2. The van der Waals surface area contributed by atoms with Crippen LogP contribution < -0.4 is 15.4 Å². The molecule has 1 aromatic heterocycles. The summed E-state index contributed by atoms with van der Waals surface area (Å²) in [5, 5.41) is 8.22. The molecule has 9 nitrogen and oxygen atoms in total. The fourth-order valence-electron chi connectivity index (χ4n) is 3.27. The molecule has 1 aliphatic heterocycles. The molecule has 0 saturated heterocycles. The molecule has 0 fully saturated rings. The van der Waals surface area contributed by atoms with Gasteiger partial charge in [-0.25, -0.2) is 32.8 Å². The minimum Gasteiger partial charge on any atom is -0.350 e. The van der Waals surface area contributed by atoms with Crippen LogP contribution in [0, 0.1) is 19.7 Å². The number of hydrogen-bond acceptors (Lipinski definition) is 8. The lowest BCUT2D eigenvalue weighted by Gasteiger charge is -2.16. The first-order valence-electron chi connectivity index (χ1n) is 9.82. The van der Waals surface area contributed by atoms with Gasteiger partial charge in [0.1, 0.15) is 16.4 Å². The van der Waals surface area contributed by atoms with Crippen LogP contribution in [0.1, 0.15) is 11.4 Å². The average molecular weight is 500 g/mol. The largest absolute Gasteiger partial charge is 0.350 e. The molecule has 34 heavy (non-hydrogen) atoms. The second-order valence-corrected chi connectivity index (χ2v) is 9.87. The molecule has 12 heteroatoms. The Hall–Kier alpha value is -3.61. The summed E-state index contributed by atoms with van der Waals surface area (Å²) in [6.07, 6.45) is 0. The second-order valence-electron chi connectivity index (χ2n) is 7.33. The number of nitrogens with zero attached hydrogens (tertiary/aromatic N) is 3. The first-order chi connectivity index (χ1) is 16.0. The highest BCUT2D eigenvalue weighted by atomic mass is 32.2. The van der Waals surface area contributed by atoms with Crippen molar-refractivity contribution >= 4 is 45.0 Å². The number of primary sulfonamides is 1. The molecule has 2 aromatic carbocycles. The number of imide groups is 1. The van der Waals surface area contributed by atoms with E-state index in [0.717, 1.165) is 22.7 Å². The third kappa shape index (κ3) is 4.69. The zero-order chi connectivity index (χ0) is 24.6. The smallest absolute Gasteiger partial charge is 0.283 e. The molecule has 0 saturated carbocycles. The van der Waals surface area contributed by atoms with Gasteiger partial charge in [0.2, 0.25) is 10.0 Å². The van der Waals surface area contributed by atoms with Crippen LogP contribution in [0.25, 0.3) is 0 Å². The van der Waals surface area contributed by atoms with Gasteiger partial charge in [-0.05, 0) is 68.1 Å². The van der Waals surface area contributed by atoms with Gasteiger partial charge >= 0.3 is 0 Å². The van der Waals surface area contributed by atoms with E-state index in [0.29, 0.717) is 17.1 Å². The van der Waals surface area contributed by atoms with Crippen LogP contribution in [-0.4, -0.2) is 30.2 Å². The number of nitrogens with two attached hydrogens (primary N) is 1. The van der Waals surface area contributed by atoms with E-state index < -0.39 is 27.7 Å². The van der Waals surface area contributed by atoms with E-state index in [4.69, 9.17) is 5.14 Å². The van der Waals surface area contributed by atoms with Gasteiger partial charge in [0, 0.05) is 17.1 Å². The van der Waals surface area contributed by atoms with E-state index in [9.17, 15) is 22.4 Å². The van der Waals surface area contributed by atoms with Crippen LogP contribution in [0.5, 0.6) is 0 Å². The number of carbonyl (C=O) groups is 2. The van der Waals surface area contributed by atoms with E-state index >= 15 is 0 Å². The van der Waals surface area contributed by atoms with Crippen molar-refractivity contribution in [2.24, 2.45) is 5.14 Å². The van der Waals surface area contributed by atoms with Gasteiger partial charge in [0.15, 0.2) is 5.16 Å². The summed E-state index contributed by atoms with van der Waals surface area (Å²) in [7, 11) is -3.91. The number of nitrogens with one attached hydrogen (secondary N) is 1. The second kappa shape index (κ2) is 8.97. The van der Waals surface area contributed by atoms with Crippen molar-refractivity contribution in [2.45, 2.75) is 23.9 Å². The van der Waals surface area contributed by atoms with Crippen molar-refractivity contribution in [3.8, 4) is 0 Å². The molecule has 0 bridgehead atoms. The third-order valence-corrected chi connectivity index (χ3v) is 6.62. The van der Waals surface area contributed by atoms with Crippen LogP contribution in [-0.2, 0) is 19.6 Å². The Morgan fingerprint density at radius 2 is 1.59 bits per heavy atom. The Bertz CT molecular complexity index is 1440. The quantitative estimate of drug-likeness (QED) is 0.390. The van der Waals surface area contributed by atoms with Crippen molar-refractivity contribution in [3.05, 3.63) is 82.4 Å². The fraction of sp³-hybridized carbons (Fsp3) is 0.0909. The van der Waals surface area contributed by atoms with Gasteiger partial charge in [-0.2, -0.15) is 0 Å². The Labute approximate surface area is 199 Å². The monoisotopic (exact) mass is 499 g/mol. The van der Waals surface area contributed by atoms with Gasteiger partial charge in [0.25, 0.3) is 11.8 Å². The highest BCUT2D eigenvalue weighted by Gasteiger charge is 2.41. The highest BCUT2D eigenvalue weighted by Crippen LogP contribution is 2.37. The molecule has 0 radical (unpaired) electrons. The molecule has 0 aliphatic carbocycles. The van der Waals surface area contributed by atoms with E-state index in [-0.39, 0.29) is 26.3 Å². The summed E-state index contributed by atoms with van der Waals surface area (Å²) < 4.78 is 37.5. The number of benzene rings is 2. The molecule has 0 atom stereocenters. The highest BCUT2D eigenvalue weighted by molar-refractivity contribution is 8.04. The lowest BCUT2D eigenvalue weighted by atomic mass is 10.2. The molecule has 0 spiro atoms. The predicted octanol–water partition coefficient (Wildman–Crippen LogP) is 2.87. The fourth-order valence-corrected chi connectivity index (χ4v) is 4.77. The number of para-hydroxylation sites is 1. The lowest BCUT2D eigenvalue weighted by molar-refractivity contribution is -0.120. The summed E-state index contributed by atoms with van der Waals surface area (Å²) in [5.41, 5.74) is 1.35. The Balaban J connectivity index is 1.77. The van der Waals surface area contributed by atoms with Gasteiger partial charge in [0.05, 0.1) is 10.6 Å². The molecule has 4 rings (SSSR count). The van der Waals surface area contributed by atoms with Crippen LogP contribution in [0.15, 0.2) is 75.3 Å². The molecule has 174 valence electrons. The van der Waals surface area contributed by atoms with Crippen LogP contribution >= 0.6 is 11.8 Å². The first kappa shape index (κ1) is 23.5. The number of aryl methyl sites for hydroxylation is 2. The third-order valence-electron chi connectivity index (χ3n) is 4.74. The first-order valence-corrected chi connectivity index (χ1v) is 12.2. The van der Waals surface area contributed by atoms with Gasteiger partial charge in [-0.15, -0.1) is 0 Å². The van der Waals surface area contributed by atoms with Crippen molar-refractivity contribution in [1.82, 2.24) is 9.97 Å². The molecule has 2 amide bonds. The minimum absolute atomic E-state index is 0.0335. The Morgan fingerprint density at radius 1 is 0.971 bits per heavy atom. The van der Waals surface area contributed by atoms with Crippen LogP contribution in [0.3, 0.4) is 0 Å². The molecule has 3 N–H and O–H groups in total. The SMILES string of the molecule is Cc1cc(C)nc(SC2=C(Nc3ccc(S(N)(=O)=O)cc3)C(=O)N(c3ccccc3F)C2=O)n1. The average Bonchev–Trinajstić information content (AvgIpc) is 2.97. The number of amides is 2. The number of anilines is 2. The van der Waals surface area contributed by atoms with Crippen molar-refractivity contribution < 1.29 is 22.4 Å². The number of sulfonamides is 1. The van der Waals surface area contributed by atoms with Crippen molar-refractivity contribution in [1.29, 1.82) is 0 Å². The standard InChI is InChI=1S/C22H18FN5O4S2/c1-12-11-13(2)26-22(25-12)33-19-18(27-14-7-9-15(10-8-14)34(24,31)32)20(29)28(21(19)30)17-6-4-3-5-16(17)23/h3-11,27H,1-2H3,(H2,24,31,32). The lowest BCUT2D eigenvalue weighted by Crippen LogP contribution is -2.33. The number of rotatable bonds is 6. The Kier molecular flexibility index (Phi) is 6.21. The molecule has 1 aliphatic rings. The molecule has 0 unspecified atom stereocenters. The van der Waals surface area contributed by atoms with E-state index in [1.165, 1.54) is 42.5 Å². The maximum absolute atomic E-state index is 14.5. The topological polar surface area (TPSA) is 135 Å². The van der Waals surface area contributed by atoms with Gasteiger partial charge < -0.3 is 5.32 Å². The zero-order valence-corrected chi connectivity index (χ0v) is 19.6. The summed E-state index contributed by atoms with van der Waals surface area (Å²) in [4.78, 5) is 35.8. The molecular weight excluding hydrogens is 481 g/mol. The van der Waals surface area contributed by atoms with Gasteiger partial charge in [-0.1, -0.05) is 12.1 Å². The normalized spacial score (nSPS) is 14.2. The van der Waals surface area contributed by atoms with Crippen LogP contribution in [0.4, 0.5) is 15.8 Å². The van der Waals surface area contributed by atoms with Crippen molar-refractivity contribution in [3.63, 3.8) is 0 Å². The minimum atomic E-state index is -3.91. The maximum atomic E-state index is 14.5. The maximum Gasteiger partial charge on any atom is 0.283 e. The number of thioether (sulfide) groups is 1. The van der Waals surface area contributed by atoms with E-state index in [1.807, 2.05) is 0 Å².